The van der Waals surface area contributed by atoms with E-state index >= 15 is 0 Å². The monoisotopic (exact) mass is 390 g/mol. The molecule has 0 aliphatic carbocycles. The number of rotatable bonds is 5. The second-order valence-electron chi connectivity index (χ2n) is 6.32. The predicted octanol–water partition coefficient (Wildman–Crippen LogP) is 3.62. The Labute approximate surface area is 161 Å². The van der Waals surface area contributed by atoms with Gasteiger partial charge in [0, 0.05) is 11.7 Å². The summed E-state index contributed by atoms with van der Waals surface area (Å²) in [6.07, 6.45) is 1.37. The molecule has 1 aliphatic rings. The van der Waals surface area contributed by atoms with Gasteiger partial charge in [0.15, 0.2) is 5.16 Å². The van der Waals surface area contributed by atoms with Crippen molar-refractivity contribution in [1.29, 1.82) is 0 Å². The first-order valence-electron chi connectivity index (χ1n) is 8.58. The molecule has 0 fully saturated rings. The van der Waals surface area contributed by atoms with Gasteiger partial charge in [-0.1, -0.05) is 43.3 Å². The molecule has 1 aromatic heterocycles. The Morgan fingerprint density at radius 3 is 2.73 bits per heavy atom. The van der Waals surface area contributed by atoms with Gasteiger partial charge in [-0.3, -0.25) is 14.2 Å². The van der Waals surface area contributed by atoms with Gasteiger partial charge >= 0.3 is 5.97 Å². The number of esters is 1. The Hall–Kier alpha value is -1.73. The average molecular weight is 391 g/mol. The molecule has 1 aliphatic heterocycles. The third kappa shape index (κ3) is 3.69. The zero-order valence-electron chi connectivity index (χ0n) is 15.3. The highest BCUT2D eigenvalue weighted by Gasteiger charge is 2.29. The first-order valence-corrected chi connectivity index (χ1v) is 10.3. The molecule has 26 heavy (non-hydrogen) atoms. The van der Waals surface area contributed by atoms with Gasteiger partial charge in [-0.25, -0.2) is 4.98 Å². The minimum absolute atomic E-state index is 0.0598. The number of ether oxygens (including phenoxy) is 1. The van der Waals surface area contributed by atoms with Crippen molar-refractivity contribution in [3.05, 3.63) is 45.9 Å². The summed E-state index contributed by atoms with van der Waals surface area (Å²) < 4.78 is 6.52. The summed E-state index contributed by atoms with van der Waals surface area (Å²) >= 11 is 2.87. The topological polar surface area (TPSA) is 61.2 Å². The minimum atomic E-state index is -0.395. The van der Waals surface area contributed by atoms with Crippen molar-refractivity contribution in [1.82, 2.24) is 9.55 Å². The molecule has 1 aromatic carbocycles. The van der Waals surface area contributed by atoms with E-state index in [-0.39, 0.29) is 11.5 Å². The van der Waals surface area contributed by atoms with E-state index in [4.69, 9.17) is 9.72 Å². The minimum Gasteiger partial charge on any atom is -0.468 e. The van der Waals surface area contributed by atoms with E-state index in [1.807, 2.05) is 38.1 Å². The lowest BCUT2D eigenvalue weighted by Gasteiger charge is -2.17. The number of carbonyl (C=O) groups excluding carboxylic acids is 1. The molecule has 2 heterocycles. The second kappa shape index (κ2) is 7.88. The molecule has 0 saturated heterocycles. The van der Waals surface area contributed by atoms with E-state index in [2.05, 4.69) is 6.92 Å². The van der Waals surface area contributed by atoms with Crippen LogP contribution >= 0.6 is 23.5 Å². The van der Waals surface area contributed by atoms with Gasteiger partial charge in [0.2, 0.25) is 0 Å². The molecule has 0 N–H and O–H groups in total. The van der Waals surface area contributed by atoms with Gasteiger partial charge in [0.1, 0.15) is 5.25 Å². The van der Waals surface area contributed by atoms with Crippen LogP contribution in [0.5, 0.6) is 0 Å². The highest BCUT2D eigenvalue weighted by atomic mass is 32.2. The fraction of sp³-hybridized carbons (Fsp3) is 0.421. The number of thioether (sulfide) groups is 2. The molecule has 2 aromatic rings. The summed E-state index contributed by atoms with van der Waals surface area (Å²) in [4.78, 5) is 30.7. The lowest BCUT2D eigenvalue weighted by Crippen LogP contribution is -2.26. The maximum atomic E-state index is 13.2. The Morgan fingerprint density at radius 1 is 1.42 bits per heavy atom. The molecule has 0 amide bonds. The predicted molar refractivity (Wildman–Crippen MR) is 106 cm³/mol. The van der Waals surface area contributed by atoms with Crippen molar-refractivity contribution in [3.8, 4) is 5.69 Å². The van der Waals surface area contributed by atoms with Crippen LogP contribution < -0.4 is 5.56 Å². The maximum Gasteiger partial charge on any atom is 0.319 e. The van der Waals surface area contributed by atoms with Crippen LogP contribution in [0, 0.1) is 6.92 Å². The van der Waals surface area contributed by atoms with E-state index in [9.17, 15) is 9.59 Å². The van der Waals surface area contributed by atoms with E-state index < -0.39 is 5.25 Å². The summed E-state index contributed by atoms with van der Waals surface area (Å²) in [7, 11) is 1.38. The molecule has 0 saturated carbocycles. The highest BCUT2D eigenvalue weighted by Crippen LogP contribution is 2.36. The van der Waals surface area contributed by atoms with Crippen LogP contribution in [0.25, 0.3) is 5.69 Å². The van der Waals surface area contributed by atoms with Gasteiger partial charge in [-0.2, -0.15) is 0 Å². The largest absolute Gasteiger partial charge is 0.468 e. The van der Waals surface area contributed by atoms with Crippen molar-refractivity contribution < 1.29 is 9.53 Å². The molecular formula is C19H22N2O3S2. The van der Waals surface area contributed by atoms with Crippen LogP contribution in [0.1, 0.15) is 31.5 Å². The summed E-state index contributed by atoms with van der Waals surface area (Å²) in [5, 5.41) is 0.483. The average Bonchev–Trinajstić information content (AvgIpc) is 3.01. The number of benzene rings is 1. The summed E-state index contributed by atoms with van der Waals surface area (Å²) in [5.41, 5.74) is 2.65. The number of fused-ring (bicyclic) bond motifs is 1. The molecule has 0 bridgehead atoms. The standard InChI is InChI=1S/C19H22N2O3S2/c1-5-15(18(23)24-4)26-19-20-14-10-12(3)25-16(14)17(22)21(19)13-8-6-11(2)7-9-13/h6-9,12,15H,5,10H2,1-4H3/t12-,15-/m0/s1. The number of hydrogen-bond acceptors (Lipinski definition) is 6. The molecule has 0 spiro atoms. The molecule has 3 rings (SSSR count). The van der Waals surface area contributed by atoms with Crippen molar-refractivity contribution in [3.63, 3.8) is 0 Å². The van der Waals surface area contributed by atoms with E-state index in [1.165, 1.54) is 18.9 Å². The fourth-order valence-electron chi connectivity index (χ4n) is 2.86. The second-order valence-corrected chi connectivity index (χ2v) is 8.94. The van der Waals surface area contributed by atoms with Crippen molar-refractivity contribution in [2.75, 3.05) is 7.11 Å². The number of aromatic nitrogens is 2. The van der Waals surface area contributed by atoms with Crippen LogP contribution in [0.4, 0.5) is 0 Å². The molecule has 0 unspecified atom stereocenters. The first kappa shape index (κ1) is 19.0. The smallest absolute Gasteiger partial charge is 0.319 e. The van der Waals surface area contributed by atoms with Gasteiger partial charge < -0.3 is 4.74 Å². The van der Waals surface area contributed by atoms with Gasteiger partial charge in [-0.15, -0.1) is 11.8 Å². The Kier molecular flexibility index (Phi) is 5.77. The highest BCUT2D eigenvalue weighted by molar-refractivity contribution is 8.00. The molecule has 138 valence electrons. The number of methoxy groups -OCH3 is 1. The Bertz CT molecular complexity index is 878. The zero-order chi connectivity index (χ0) is 18.8. The Morgan fingerprint density at radius 2 is 2.12 bits per heavy atom. The quantitative estimate of drug-likeness (QED) is 0.441. The van der Waals surface area contributed by atoms with E-state index in [0.29, 0.717) is 21.7 Å². The van der Waals surface area contributed by atoms with E-state index in [0.717, 1.165) is 23.4 Å². The van der Waals surface area contributed by atoms with Crippen LogP contribution in [0.2, 0.25) is 0 Å². The van der Waals surface area contributed by atoms with Crippen molar-refractivity contribution in [2.45, 2.75) is 54.2 Å². The molecular weight excluding hydrogens is 368 g/mol. The number of carbonyl (C=O) groups is 1. The SMILES string of the molecule is CC[C@H](Sc1nc2c(c(=O)n1-c1ccc(C)cc1)S[C@@H](C)C2)C(=O)OC. The number of nitrogens with zero attached hydrogens (tertiary/aromatic N) is 2. The first-order chi connectivity index (χ1) is 12.4. The van der Waals surface area contributed by atoms with Crippen LogP contribution in [0.15, 0.2) is 39.1 Å². The van der Waals surface area contributed by atoms with Gasteiger partial charge in [0.25, 0.3) is 5.56 Å². The van der Waals surface area contributed by atoms with Crippen LogP contribution in [0.3, 0.4) is 0 Å². The molecule has 7 heteroatoms. The van der Waals surface area contributed by atoms with Gasteiger partial charge in [0.05, 0.1) is 23.4 Å². The summed E-state index contributed by atoms with van der Waals surface area (Å²) in [6.45, 7) is 6.03. The third-order valence-electron chi connectivity index (χ3n) is 4.26. The number of aryl methyl sites for hydroxylation is 1. The summed E-state index contributed by atoms with van der Waals surface area (Å²) in [6, 6.07) is 7.77. The van der Waals surface area contributed by atoms with E-state index in [1.54, 1.807) is 16.3 Å². The third-order valence-corrected chi connectivity index (χ3v) is 6.77. The van der Waals surface area contributed by atoms with Crippen molar-refractivity contribution in [2.24, 2.45) is 0 Å². The maximum absolute atomic E-state index is 13.2. The summed E-state index contributed by atoms with van der Waals surface area (Å²) in [5.74, 6) is -0.301. The molecule has 5 nitrogen and oxygen atoms in total. The normalized spacial score (nSPS) is 17.0. The molecule has 2 atom stereocenters. The Balaban J connectivity index is 2.14. The van der Waals surface area contributed by atoms with Crippen LogP contribution in [-0.2, 0) is 16.0 Å². The lowest BCUT2D eigenvalue weighted by molar-refractivity contribution is -0.140. The fourth-order valence-corrected chi connectivity index (χ4v) is 5.03. The zero-order valence-corrected chi connectivity index (χ0v) is 16.9. The lowest BCUT2D eigenvalue weighted by atomic mass is 10.2. The molecule has 0 radical (unpaired) electrons. The van der Waals surface area contributed by atoms with Crippen molar-refractivity contribution >= 4 is 29.5 Å². The van der Waals surface area contributed by atoms with Crippen LogP contribution in [-0.4, -0.2) is 33.1 Å². The van der Waals surface area contributed by atoms with Gasteiger partial charge in [-0.05, 0) is 25.5 Å². The number of hydrogen-bond donors (Lipinski definition) is 0.